The molecule has 0 amide bonds. The van der Waals surface area contributed by atoms with Crippen LogP contribution < -0.4 is 5.32 Å². The van der Waals surface area contributed by atoms with Gasteiger partial charge in [0.25, 0.3) is 0 Å². The lowest BCUT2D eigenvalue weighted by atomic mass is 9.85. The zero-order valence-electron chi connectivity index (χ0n) is 11.9. The normalized spacial score (nSPS) is 21.3. The van der Waals surface area contributed by atoms with Crippen LogP contribution in [0.25, 0.3) is 0 Å². The van der Waals surface area contributed by atoms with Crippen LogP contribution in [0.3, 0.4) is 0 Å². The fourth-order valence-electron chi connectivity index (χ4n) is 2.49. The van der Waals surface area contributed by atoms with Crippen molar-refractivity contribution in [3.8, 4) is 0 Å². The lowest BCUT2D eigenvalue weighted by Crippen LogP contribution is -2.24. The molecule has 0 radical (unpaired) electrons. The number of carbonyl (C=O) groups is 1. The summed E-state index contributed by atoms with van der Waals surface area (Å²) in [6.07, 6.45) is 9.46. The van der Waals surface area contributed by atoms with E-state index in [9.17, 15) is 4.79 Å². The predicted octanol–water partition coefficient (Wildman–Crippen LogP) is 3.65. The number of hydrogen-bond donors (Lipinski definition) is 1. The number of nitrogens with one attached hydrogen (secondary N) is 1. The van der Waals surface area contributed by atoms with Gasteiger partial charge in [-0.25, -0.2) is 0 Å². The summed E-state index contributed by atoms with van der Waals surface area (Å²) in [6, 6.07) is 0. The highest BCUT2D eigenvalue weighted by atomic mass is 32.2. The summed E-state index contributed by atoms with van der Waals surface area (Å²) in [7, 11) is 0. The molecule has 1 saturated carbocycles. The zero-order valence-corrected chi connectivity index (χ0v) is 12.7. The summed E-state index contributed by atoms with van der Waals surface area (Å²) < 4.78 is 0. The van der Waals surface area contributed by atoms with Crippen molar-refractivity contribution in [1.29, 1.82) is 0 Å². The third-order valence-corrected chi connectivity index (χ3v) is 4.71. The Kier molecular flexibility index (Phi) is 9.68. The second kappa shape index (κ2) is 10.9. The fourth-order valence-corrected chi connectivity index (χ4v) is 3.27. The highest BCUT2D eigenvalue weighted by molar-refractivity contribution is 7.99. The van der Waals surface area contributed by atoms with E-state index in [2.05, 4.69) is 12.2 Å². The summed E-state index contributed by atoms with van der Waals surface area (Å²) in [5.41, 5.74) is 0. The number of rotatable bonds is 4. The van der Waals surface area contributed by atoms with Gasteiger partial charge in [0.2, 0.25) is 0 Å². The number of unbranched alkanes of at least 4 members (excludes halogenated alkanes) is 2. The summed E-state index contributed by atoms with van der Waals surface area (Å²) in [5, 5.41) is 3.26. The molecular formula is C15H29NOS. The Labute approximate surface area is 117 Å². The second-order valence-corrected chi connectivity index (χ2v) is 6.56. The number of hydrogen-bond acceptors (Lipinski definition) is 3. The van der Waals surface area contributed by atoms with Gasteiger partial charge in [0.1, 0.15) is 5.78 Å². The molecule has 0 aromatic heterocycles. The molecule has 0 atom stereocenters. The van der Waals surface area contributed by atoms with Gasteiger partial charge in [-0.15, -0.1) is 0 Å². The quantitative estimate of drug-likeness (QED) is 0.791. The first-order valence-corrected chi connectivity index (χ1v) is 8.78. The Morgan fingerprint density at radius 1 is 1.17 bits per heavy atom. The third-order valence-electron chi connectivity index (χ3n) is 3.73. The van der Waals surface area contributed by atoms with Gasteiger partial charge in [-0.05, 0) is 18.8 Å². The topological polar surface area (TPSA) is 29.1 Å². The van der Waals surface area contributed by atoms with Crippen LogP contribution in [-0.2, 0) is 4.79 Å². The minimum absolute atomic E-state index is 0.488. The van der Waals surface area contributed by atoms with Crippen molar-refractivity contribution in [3.63, 3.8) is 0 Å². The molecular weight excluding hydrogens is 242 g/mol. The van der Waals surface area contributed by atoms with Gasteiger partial charge in [-0.1, -0.05) is 32.6 Å². The van der Waals surface area contributed by atoms with E-state index in [1.54, 1.807) is 0 Å². The first-order chi connectivity index (χ1) is 8.83. The van der Waals surface area contributed by atoms with Crippen molar-refractivity contribution < 1.29 is 4.79 Å². The third kappa shape index (κ3) is 8.15. The molecule has 2 aliphatic rings. The minimum Gasteiger partial charge on any atom is -0.315 e. The van der Waals surface area contributed by atoms with Gasteiger partial charge in [-0.2, -0.15) is 11.8 Å². The molecule has 0 unspecified atom stereocenters. The molecule has 1 heterocycles. The van der Waals surface area contributed by atoms with Crippen molar-refractivity contribution >= 4 is 17.5 Å². The van der Waals surface area contributed by atoms with Gasteiger partial charge in [0.15, 0.2) is 0 Å². The minimum atomic E-state index is 0.488. The van der Waals surface area contributed by atoms with Gasteiger partial charge in [0.05, 0.1) is 0 Å². The maximum Gasteiger partial charge on any atom is 0.132 e. The first-order valence-electron chi connectivity index (χ1n) is 7.63. The molecule has 2 fully saturated rings. The van der Waals surface area contributed by atoms with Crippen LogP contribution in [0.5, 0.6) is 0 Å². The molecule has 2 nitrogen and oxygen atoms in total. The van der Waals surface area contributed by atoms with Crippen LogP contribution in [0.15, 0.2) is 0 Å². The zero-order chi connectivity index (χ0) is 13.1. The lowest BCUT2D eigenvalue weighted by Gasteiger charge is -2.20. The maximum absolute atomic E-state index is 10.9. The first kappa shape index (κ1) is 16.0. The molecule has 1 aliphatic heterocycles. The van der Waals surface area contributed by atoms with E-state index in [0.717, 1.165) is 18.8 Å². The Hall–Kier alpha value is -0.0200. The average molecular weight is 271 g/mol. The van der Waals surface area contributed by atoms with Crippen molar-refractivity contribution in [1.82, 2.24) is 5.32 Å². The van der Waals surface area contributed by atoms with Gasteiger partial charge in [-0.3, -0.25) is 4.79 Å². The van der Waals surface area contributed by atoms with E-state index in [1.165, 1.54) is 63.1 Å². The van der Waals surface area contributed by atoms with Gasteiger partial charge >= 0.3 is 0 Å². The average Bonchev–Trinajstić information content (AvgIpc) is 2.44. The summed E-state index contributed by atoms with van der Waals surface area (Å²) in [5.74, 6) is 3.97. The summed E-state index contributed by atoms with van der Waals surface area (Å²) in [4.78, 5) is 10.9. The summed E-state index contributed by atoms with van der Waals surface area (Å²) in [6.45, 7) is 4.67. The fraction of sp³-hybridized carbons (Fsp3) is 0.933. The standard InChI is InChI=1S/C11H20O.C4H9NS/c1-2-3-4-5-10-6-8-11(12)9-7-10;1-3-6-4-2-5-1/h10H,2-9H2,1H3;5H,1-4H2. The number of thioether (sulfide) groups is 1. The van der Waals surface area contributed by atoms with Crippen LogP contribution in [0.4, 0.5) is 0 Å². The van der Waals surface area contributed by atoms with E-state index < -0.39 is 0 Å². The molecule has 2 rings (SSSR count). The number of Topliss-reactive ketones (excluding diaryl/α,β-unsaturated/α-hetero) is 1. The van der Waals surface area contributed by atoms with Crippen molar-refractivity contribution in [2.75, 3.05) is 24.6 Å². The van der Waals surface area contributed by atoms with Gasteiger partial charge in [0, 0.05) is 37.4 Å². The maximum atomic E-state index is 10.9. The monoisotopic (exact) mass is 271 g/mol. The molecule has 0 bridgehead atoms. The van der Waals surface area contributed by atoms with Gasteiger partial charge < -0.3 is 5.32 Å². The predicted molar refractivity (Wildman–Crippen MR) is 81.3 cm³/mol. The van der Waals surface area contributed by atoms with Crippen LogP contribution >= 0.6 is 11.8 Å². The van der Waals surface area contributed by atoms with E-state index >= 15 is 0 Å². The second-order valence-electron chi connectivity index (χ2n) is 5.34. The molecule has 106 valence electrons. The molecule has 0 aromatic carbocycles. The van der Waals surface area contributed by atoms with Crippen LogP contribution in [0, 0.1) is 5.92 Å². The van der Waals surface area contributed by atoms with E-state index in [0.29, 0.717) is 5.78 Å². The molecule has 0 spiro atoms. The smallest absolute Gasteiger partial charge is 0.132 e. The molecule has 0 aromatic rings. The largest absolute Gasteiger partial charge is 0.315 e. The Balaban J connectivity index is 0.000000225. The van der Waals surface area contributed by atoms with Crippen LogP contribution in [-0.4, -0.2) is 30.4 Å². The number of carbonyl (C=O) groups excluding carboxylic acids is 1. The molecule has 18 heavy (non-hydrogen) atoms. The highest BCUT2D eigenvalue weighted by Gasteiger charge is 2.17. The number of ketones is 1. The van der Waals surface area contributed by atoms with Crippen LogP contribution in [0.2, 0.25) is 0 Å². The van der Waals surface area contributed by atoms with Crippen LogP contribution in [0.1, 0.15) is 58.3 Å². The van der Waals surface area contributed by atoms with Crippen molar-refractivity contribution in [2.24, 2.45) is 5.92 Å². The van der Waals surface area contributed by atoms with E-state index in [1.807, 2.05) is 11.8 Å². The lowest BCUT2D eigenvalue weighted by molar-refractivity contribution is -0.121. The van der Waals surface area contributed by atoms with Crippen molar-refractivity contribution in [2.45, 2.75) is 58.3 Å². The Morgan fingerprint density at radius 3 is 2.28 bits per heavy atom. The summed E-state index contributed by atoms with van der Waals surface area (Å²) >= 11 is 2.03. The molecule has 1 saturated heterocycles. The SMILES string of the molecule is C1CSCCN1.CCCCCC1CCC(=O)CC1. The molecule has 3 heteroatoms. The van der Waals surface area contributed by atoms with E-state index in [4.69, 9.17) is 0 Å². The molecule has 1 N–H and O–H groups in total. The Bertz CT molecular complexity index is 195. The van der Waals surface area contributed by atoms with E-state index in [-0.39, 0.29) is 0 Å². The molecule has 1 aliphatic carbocycles. The Morgan fingerprint density at radius 2 is 1.83 bits per heavy atom. The highest BCUT2D eigenvalue weighted by Crippen LogP contribution is 2.26. The van der Waals surface area contributed by atoms with Crippen molar-refractivity contribution in [3.05, 3.63) is 0 Å².